The third kappa shape index (κ3) is 2.90. The SMILES string of the molecule is CCOc1ccccc1OCc1nc(N)c2ccsc2n1. The first kappa shape index (κ1) is 13.6. The topological polar surface area (TPSA) is 70.3 Å². The number of thiophene rings is 1. The molecule has 2 N–H and O–H groups in total. The fourth-order valence-corrected chi connectivity index (χ4v) is 2.77. The molecule has 0 aliphatic heterocycles. The summed E-state index contributed by atoms with van der Waals surface area (Å²) in [6, 6.07) is 9.46. The van der Waals surface area contributed by atoms with Crippen molar-refractivity contribution in [3.05, 3.63) is 41.5 Å². The molecule has 0 saturated heterocycles. The van der Waals surface area contributed by atoms with Gasteiger partial charge in [-0.15, -0.1) is 11.3 Å². The molecule has 0 atom stereocenters. The van der Waals surface area contributed by atoms with Crippen molar-refractivity contribution in [2.24, 2.45) is 0 Å². The first-order valence-electron chi connectivity index (χ1n) is 6.62. The molecule has 0 radical (unpaired) electrons. The van der Waals surface area contributed by atoms with Gasteiger partial charge in [-0.25, -0.2) is 9.97 Å². The molecule has 21 heavy (non-hydrogen) atoms. The number of anilines is 1. The Labute approximate surface area is 126 Å². The molecular formula is C15H15N3O2S. The molecule has 108 valence electrons. The number of nitrogens with two attached hydrogens (primary N) is 1. The van der Waals surface area contributed by atoms with Crippen LogP contribution in [0.25, 0.3) is 10.2 Å². The van der Waals surface area contributed by atoms with Gasteiger partial charge < -0.3 is 15.2 Å². The summed E-state index contributed by atoms with van der Waals surface area (Å²) in [7, 11) is 0. The molecule has 3 rings (SSSR count). The highest BCUT2D eigenvalue weighted by Gasteiger charge is 2.09. The van der Waals surface area contributed by atoms with Crippen LogP contribution in [-0.2, 0) is 6.61 Å². The van der Waals surface area contributed by atoms with Crippen LogP contribution >= 0.6 is 11.3 Å². The van der Waals surface area contributed by atoms with Crippen LogP contribution in [0.2, 0.25) is 0 Å². The minimum atomic E-state index is 0.252. The maximum atomic E-state index is 5.92. The van der Waals surface area contributed by atoms with E-state index in [0.29, 0.717) is 29.7 Å². The van der Waals surface area contributed by atoms with E-state index in [2.05, 4.69) is 9.97 Å². The zero-order valence-electron chi connectivity index (χ0n) is 11.6. The van der Waals surface area contributed by atoms with Gasteiger partial charge in [0, 0.05) is 0 Å². The summed E-state index contributed by atoms with van der Waals surface area (Å²) >= 11 is 1.54. The van der Waals surface area contributed by atoms with Gasteiger partial charge in [-0.3, -0.25) is 0 Å². The van der Waals surface area contributed by atoms with Crippen molar-refractivity contribution in [2.75, 3.05) is 12.3 Å². The number of fused-ring (bicyclic) bond motifs is 1. The van der Waals surface area contributed by atoms with Crippen LogP contribution in [0.5, 0.6) is 11.5 Å². The van der Waals surface area contributed by atoms with Crippen LogP contribution in [0.4, 0.5) is 5.82 Å². The first-order valence-corrected chi connectivity index (χ1v) is 7.50. The highest BCUT2D eigenvalue weighted by atomic mass is 32.1. The number of rotatable bonds is 5. The number of hydrogen-bond donors (Lipinski definition) is 1. The van der Waals surface area contributed by atoms with E-state index in [1.807, 2.05) is 42.6 Å². The predicted molar refractivity (Wildman–Crippen MR) is 83.8 cm³/mol. The van der Waals surface area contributed by atoms with Crippen molar-refractivity contribution in [1.29, 1.82) is 0 Å². The average molecular weight is 301 g/mol. The van der Waals surface area contributed by atoms with Gasteiger partial charge in [0.1, 0.15) is 17.3 Å². The first-order chi connectivity index (χ1) is 10.3. The van der Waals surface area contributed by atoms with Crippen LogP contribution < -0.4 is 15.2 Å². The standard InChI is InChI=1S/C15H15N3O2S/c1-2-19-11-5-3-4-6-12(11)20-9-13-17-14(16)10-7-8-21-15(10)18-13/h3-8H,2,9H2,1H3,(H2,16,17,18). The van der Waals surface area contributed by atoms with E-state index < -0.39 is 0 Å². The monoisotopic (exact) mass is 301 g/mol. The molecule has 6 heteroatoms. The van der Waals surface area contributed by atoms with E-state index >= 15 is 0 Å². The lowest BCUT2D eigenvalue weighted by Crippen LogP contribution is -2.05. The number of nitrogens with zero attached hydrogens (tertiary/aromatic N) is 2. The Bertz CT molecular complexity index is 758. The highest BCUT2D eigenvalue weighted by molar-refractivity contribution is 7.16. The van der Waals surface area contributed by atoms with Crippen LogP contribution in [0.1, 0.15) is 12.7 Å². The van der Waals surface area contributed by atoms with Gasteiger partial charge in [0.05, 0.1) is 12.0 Å². The molecule has 0 fully saturated rings. The maximum Gasteiger partial charge on any atom is 0.169 e. The Morgan fingerprint density at radius 3 is 2.62 bits per heavy atom. The molecule has 0 aliphatic rings. The Kier molecular flexibility index (Phi) is 3.87. The lowest BCUT2D eigenvalue weighted by atomic mass is 10.3. The summed E-state index contributed by atoms with van der Waals surface area (Å²) in [5.41, 5.74) is 5.92. The van der Waals surface area contributed by atoms with Gasteiger partial charge in [0.15, 0.2) is 17.3 Å². The van der Waals surface area contributed by atoms with Gasteiger partial charge in [-0.1, -0.05) is 12.1 Å². The Morgan fingerprint density at radius 1 is 1.10 bits per heavy atom. The summed E-state index contributed by atoms with van der Waals surface area (Å²) in [6.07, 6.45) is 0. The van der Waals surface area contributed by atoms with Crippen LogP contribution in [-0.4, -0.2) is 16.6 Å². The van der Waals surface area contributed by atoms with E-state index in [4.69, 9.17) is 15.2 Å². The normalized spacial score (nSPS) is 10.7. The van der Waals surface area contributed by atoms with Crippen molar-refractivity contribution >= 4 is 27.4 Å². The molecule has 3 aromatic rings. The van der Waals surface area contributed by atoms with E-state index in [0.717, 1.165) is 10.2 Å². The van der Waals surface area contributed by atoms with Crippen LogP contribution in [0.15, 0.2) is 35.7 Å². The quantitative estimate of drug-likeness (QED) is 0.783. The minimum Gasteiger partial charge on any atom is -0.490 e. The smallest absolute Gasteiger partial charge is 0.169 e. The number of nitrogen functional groups attached to an aromatic ring is 1. The van der Waals surface area contributed by atoms with Gasteiger partial charge in [-0.05, 0) is 30.5 Å². The van der Waals surface area contributed by atoms with Crippen LogP contribution in [0, 0.1) is 0 Å². The third-order valence-electron chi connectivity index (χ3n) is 2.91. The zero-order chi connectivity index (χ0) is 14.7. The summed E-state index contributed by atoms with van der Waals surface area (Å²) in [5, 5.41) is 2.84. The number of ether oxygens (including phenoxy) is 2. The number of hydrogen-bond acceptors (Lipinski definition) is 6. The van der Waals surface area contributed by atoms with Gasteiger partial charge in [0.2, 0.25) is 0 Å². The molecular weight excluding hydrogens is 286 g/mol. The molecule has 0 saturated carbocycles. The summed E-state index contributed by atoms with van der Waals surface area (Å²) in [6.45, 7) is 2.78. The number of para-hydroxylation sites is 2. The molecule has 5 nitrogen and oxygen atoms in total. The van der Waals surface area contributed by atoms with Gasteiger partial charge in [0.25, 0.3) is 0 Å². The van der Waals surface area contributed by atoms with Gasteiger partial charge in [-0.2, -0.15) is 0 Å². The Balaban J connectivity index is 1.80. The second kappa shape index (κ2) is 5.97. The number of aromatic nitrogens is 2. The fourth-order valence-electron chi connectivity index (χ4n) is 1.98. The predicted octanol–water partition coefficient (Wildman–Crippen LogP) is 3.25. The molecule has 0 unspecified atom stereocenters. The van der Waals surface area contributed by atoms with Crippen molar-refractivity contribution in [1.82, 2.24) is 9.97 Å². The molecule has 2 aromatic heterocycles. The second-order valence-electron chi connectivity index (χ2n) is 4.33. The van der Waals surface area contributed by atoms with E-state index in [9.17, 15) is 0 Å². The highest BCUT2D eigenvalue weighted by Crippen LogP contribution is 2.28. The second-order valence-corrected chi connectivity index (χ2v) is 5.23. The van der Waals surface area contributed by atoms with Crippen molar-refractivity contribution in [2.45, 2.75) is 13.5 Å². The van der Waals surface area contributed by atoms with Crippen molar-refractivity contribution in [3.8, 4) is 11.5 Å². The Hall–Kier alpha value is -2.34. The van der Waals surface area contributed by atoms with Gasteiger partial charge >= 0.3 is 0 Å². The lowest BCUT2D eigenvalue weighted by Gasteiger charge is -2.11. The van der Waals surface area contributed by atoms with E-state index in [1.54, 1.807) is 0 Å². The zero-order valence-corrected chi connectivity index (χ0v) is 12.4. The third-order valence-corrected chi connectivity index (χ3v) is 3.71. The minimum absolute atomic E-state index is 0.252. The Morgan fingerprint density at radius 2 is 1.86 bits per heavy atom. The van der Waals surface area contributed by atoms with Crippen LogP contribution in [0.3, 0.4) is 0 Å². The molecule has 0 amide bonds. The molecule has 0 aliphatic carbocycles. The summed E-state index contributed by atoms with van der Waals surface area (Å²) in [5.74, 6) is 2.43. The van der Waals surface area contributed by atoms with E-state index in [-0.39, 0.29) is 6.61 Å². The van der Waals surface area contributed by atoms with Crippen molar-refractivity contribution < 1.29 is 9.47 Å². The molecule has 1 aromatic carbocycles. The van der Waals surface area contributed by atoms with Crippen molar-refractivity contribution in [3.63, 3.8) is 0 Å². The molecule has 2 heterocycles. The molecule has 0 spiro atoms. The summed E-state index contributed by atoms with van der Waals surface area (Å²) < 4.78 is 11.3. The number of benzene rings is 1. The lowest BCUT2D eigenvalue weighted by molar-refractivity contribution is 0.263. The average Bonchev–Trinajstić information content (AvgIpc) is 2.96. The maximum absolute atomic E-state index is 5.92. The van der Waals surface area contributed by atoms with E-state index in [1.165, 1.54) is 11.3 Å². The largest absolute Gasteiger partial charge is 0.490 e. The molecule has 0 bridgehead atoms. The summed E-state index contributed by atoms with van der Waals surface area (Å²) in [4.78, 5) is 9.59. The fraction of sp³-hybridized carbons (Fsp3) is 0.200.